The van der Waals surface area contributed by atoms with Gasteiger partial charge in [0, 0.05) is 31.3 Å². The average molecular weight is 281 g/mol. The maximum absolute atomic E-state index is 4.51. The smallest absolute Gasteiger partial charge is 0.229 e. The van der Waals surface area contributed by atoms with Gasteiger partial charge in [-0.25, -0.2) is 0 Å². The SMILES string of the molecule is CSC1(CNc2nc(C(C)C)nc(N(C)C)n2)CC1. The number of hydrogen-bond donors (Lipinski definition) is 1. The van der Waals surface area contributed by atoms with E-state index < -0.39 is 0 Å². The van der Waals surface area contributed by atoms with Gasteiger partial charge in [-0.15, -0.1) is 0 Å². The Balaban J connectivity index is 2.14. The summed E-state index contributed by atoms with van der Waals surface area (Å²) in [6.45, 7) is 5.13. The lowest BCUT2D eigenvalue weighted by Crippen LogP contribution is -2.21. The van der Waals surface area contributed by atoms with Crippen LogP contribution in [0.15, 0.2) is 0 Å². The molecule has 0 spiro atoms. The lowest BCUT2D eigenvalue weighted by Gasteiger charge is -2.17. The summed E-state index contributed by atoms with van der Waals surface area (Å²) >= 11 is 1.93. The highest BCUT2D eigenvalue weighted by Crippen LogP contribution is 2.46. The average Bonchev–Trinajstić information content (AvgIpc) is 3.16. The zero-order valence-corrected chi connectivity index (χ0v) is 13.2. The topological polar surface area (TPSA) is 53.9 Å². The summed E-state index contributed by atoms with van der Waals surface area (Å²) in [5, 5.41) is 3.38. The van der Waals surface area contributed by atoms with Crippen molar-refractivity contribution in [2.24, 2.45) is 0 Å². The zero-order chi connectivity index (χ0) is 14.0. The van der Waals surface area contributed by atoms with Crippen molar-refractivity contribution in [2.45, 2.75) is 37.4 Å². The fraction of sp³-hybridized carbons (Fsp3) is 0.769. The second-order valence-electron chi connectivity index (χ2n) is 5.61. The second kappa shape index (κ2) is 5.53. The van der Waals surface area contributed by atoms with Crippen LogP contribution in [0.4, 0.5) is 11.9 Å². The van der Waals surface area contributed by atoms with Crippen LogP contribution in [0.5, 0.6) is 0 Å². The molecule has 2 rings (SSSR count). The Kier molecular flexibility index (Phi) is 4.18. The molecule has 0 bridgehead atoms. The fourth-order valence-electron chi connectivity index (χ4n) is 1.75. The Morgan fingerprint density at radius 2 is 1.95 bits per heavy atom. The Morgan fingerprint density at radius 3 is 2.42 bits per heavy atom. The molecule has 1 aliphatic rings. The molecule has 0 aliphatic heterocycles. The van der Waals surface area contributed by atoms with E-state index in [4.69, 9.17) is 0 Å². The van der Waals surface area contributed by atoms with Gasteiger partial charge in [0.05, 0.1) is 0 Å². The van der Waals surface area contributed by atoms with Crippen molar-refractivity contribution in [3.8, 4) is 0 Å². The van der Waals surface area contributed by atoms with Crippen LogP contribution in [-0.4, -0.2) is 46.6 Å². The van der Waals surface area contributed by atoms with Crippen LogP contribution in [-0.2, 0) is 0 Å². The van der Waals surface area contributed by atoms with Crippen molar-refractivity contribution in [3.63, 3.8) is 0 Å². The zero-order valence-electron chi connectivity index (χ0n) is 12.4. The molecule has 0 unspecified atom stereocenters. The van der Waals surface area contributed by atoms with Crippen molar-refractivity contribution in [3.05, 3.63) is 5.82 Å². The molecule has 1 aromatic heterocycles. The molecule has 5 nitrogen and oxygen atoms in total. The number of nitrogens with one attached hydrogen (secondary N) is 1. The van der Waals surface area contributed by atoms with E-state index in [0.29, 0.717) is 16.6 Å². The third-order valence-electron chi connectivity index (χ3n) is 3.37. The molecule has 6 heteroatoms. The molecule has 1 fully saturated rings. The van der Waals surface area contributed by atoms with Gasteiger partial charge in [-0.1, -0.05) is 13.8 Å². The van der Waals surface area contributed by atoms with Crippen LogP contribution in [0.2, 0.25) is 0 Å². The van der Waals surface area contributed by atoms with Crippen LogP contribution in [0, 0.1) is 0 Å². The van der Waals surface area contributed by atoms with Crippen LogP contribution in [0.25, 0.3) is 0 Å². The Hall–Kier alpha value is -1.04. The van der Waals surface area contributed by atoms with Gasteiger partial charge in [0.2, 0.25) is 11.9 Å². The maximum Gasteiger partial charge on any atom is 0.229 e. The van der Waals surface area contributed by atoms with Gasteiger partial charge in [0.25, 0.3) is 0 Å². The molecule has 1 saturated carbocycles. The molecule has 1 N–H and O–H groups in total. The summed E-state index contributed by atoms with van der Waals surface area (Å²) in [5.74, 6) is 2.56. The third kappa shape index (κ3) is 3.49. The first kappa shape index (κ1) is 14.4. The molecule has 106 valence electrons. The van der Waals surface area contributed by atoms with E-state index in [1.54, 1.807) is 0 Å². The van der Waals surface area contributed by atoms with Crippen molar-refractivity contribution < 1.29 is 0 Å². The molecule has 0 radical (unpaired) electrons. The standard InChI is InChI=1S/C13H23N5S/c1-9(2)10-15-11(17-12(16-10)18(3)4)14-8-13(19-5)6-7-13/h9H,6-8H2,1-5H3,(H,14,15,16,17). The molecular formula is C13H23N5S. The summed E-state index contributed by atoms with van der Waals surface area (Å²) in [5.41, 5.74) is 0. The summed E-state index contributed by atoms with van der Waals surface area (Å²) in [6.07, 6.45) is 4.74. The van der Waals surface area contributed by atoms with Gasteiger partial charge < -0.3 is 10.2 Å². The molecule has 1 heterocycles. The highest BCUT2D eigenvalue weighted by Gasteiger charge is 2.41. The Labute approximate surface area is 119 Å². The van der Waals surface area contributed by atoms with Gasteiger partial charge in [-0.05, 0) is 19.1 Å². The first-order valence-electron chi connectivity index (χ1n) is 6.68. The molecule has 0 amide bonds. The summed E-state index contributed by atoms with van der Waals surface area (Å²) < 4.78 is 0.406. The number of rotatable bonds is 6. The predicted molar refractivity (Wildman–Crippen MR) is 82.2 cm³/mol. The second-order valence-corrected chi connectivity index (χ2v) is 6.88. The maximum atomic E-state index is 4.51. The van der Waals surface area contributed by atoms with Crippen molar-refractivity contribution in [2.75, 3.05) is 37.1 Å². The van der Waals surface area contributed by atoms with Gasteiger partial charge >= 0.3 is 0 Å². The third-order valence-corrected chi connectivity index (χ3v) is 4.79. The number of aromatic nitrogens is 3. The fourth-order valence-corrected chi connectivity index (χ4v) is 2.48. The monoisotopic (exact) mass is 281 g/mol. The number of hydrogen-bond acceptors (Lipinski definition) is 6. The van der Waals surface area contributed by atoms with E-state index in [9.17, 15) is 0 Å². The van der Waals surface area contributed by atoms with Gasteiger partial charge in [0.1, 0.15) is 5.82 Å². The largest absolute Gasteiger partial charge is 0.353 e. The van der Waals surface area contributed by atoms with E-state index in [-0.39, 0.29) is 0 Å². The van der Waals surface area contributed by atoms with Gasteiger partial charge in [-0.2, -0.15) is 26.7 Å². The highest BCUT2D eigenvalue weighted by atomic mass is 32.2. The van der Waals surface area contributed by atoms with Crippen LogP contribution in [0.1, 0.15) is 38.4 Å². The van der Waals surface area contributed by atoms with Crippen LogP contribution in [0.3, 0.4) is 0 Å². The molecule has 1 aromatic rings. The molecule has 0 aromatic carbocycles. The van der Waals surface area contributed by atoms with Crippen LogP contribution < -0.4 is 10.2 Å². The lowest BCUT2D eigenvalue weighted by atomic mass is 10.2. The number of anilines is 2. The Bertz CT molecular complexity index is 416. The minimum Gasteiger partial charge on any atom is -0.353 e. The van der Waals surface area contributed by atoms with Crippen LogP contribution >= 0.6 is 11.8 Å². The molecule has 19 heavy (non-hydrogen) atoms. The van der Waals surface area contributed by atoms with Crippen molar-refractivity contribution in [1.29, 1.82) is 0 Å². The van der Waals surface area contributed by atoms with E-state index in [1.165, 1.54) is 12.8 Å². The van der Waals surface area contributed by atoms with Crippen molar-refractivity contribution >= 4 is 23.7 Å². The molecule has 0 atom stereocenters. The van der Waals surface area contributed by atoms with E-state index >= 15 is 0 Å². The van der Waals surface area contributed by atoms with E-state index in [2.05, 4.69) is 40.4 Å². The molecular weight excluding hydrogens is 258 g/mol. The summed E-state index contributed by atoms with van der Waals surface area (Å²) in [7, 11) is 3.90. The van der Waals surface area contributed by atoms with Gasteiger partial charge in [-0.3, -0.25) is 0 Å². The van der Waals surface area contributed by atoms with Crippen molar-refractivity contribution in [1.82, 2.24) is 15.0 Å². The molecule has 0 saturated heterocycles. The van der Waals surface area contributed by atoms with E-state index in [1.807, 2.05) is 30.8 Å². The minimum absolute atomic E-state index is 0.303. The minimum atomic E-state index is 0.303. The highest BCUT2D eigenvalue weighted by molar-refractivity contribution is 8.00. The molecule has 1 aliphatic carbocycles. The number of nitrogens with zero attached hydrogens (tertiary/aromatic N) is 4. The normalized spacial score (nSPS) is 16.5. The first-order chi connectivity index (χ1) is 8.96. The number of thioether (sulfide) groups is 1. The lowest BCUT2D eigenvalue weighted by molar-refractivity contribution is 0.752. The summed E-state index contributed by atoms with van der Waals surface area (Å²) in [6, 6.07) is 0. The summed E-state index contributed by atoms with van der Waals surface area (Å²) in [4.78, 5) is 15.4. The Morgan fingerprint density at radius 1 is 1.26 bits per heavy atom. The predicted octanol–water partition coefficient (Wildman–Crippen LogP) is 2.37. The quantitative estimate of drug-likeness (QED) is 0.864. The van der Waals surface area contributed by atoms with Gasteiger partial charge in [0.15, 0.2) is 0 Å². The van der Waals surface area contributed by atoms with E-state index in [0.717, 1.165) is 18.3 Å². The first-order valence-corrected chi connectivity index (χ1v) is 7.90.